The van der Waals surface area contributed by atoms with Crippen molar-refractivity contribution in [2.24, 2.45) is 0 Å². The van der Waals surface area contributed by atoms with Crippen molar-refractivity contribution in [3.63, 3.8) is 0 Å². The summed E-state index contributed by atoms with van der Waals surface area (Å²) in [6, 6.07) is 69.4. The standard InChI is InChI=1S/C63H53N4O.Pt/c1-42-36-60(64-40-55(42)44-20-12-9-13-21-44)67-56-35-32-47(63(5,6)7)37-54(56)53-34-33-50(39-59(53)67)68-49-23-16-22-48(38-49)65-41-66(58-27-15-14-26-57(58)65)61-51(43-18-10-8-11-19-43)24-17-25-52(61)45-28-30-46(31-29-45)62(2,3)4;/h8-37,40-41H,1-7H3;/q-3;/i1D3;. The molecular weight excluding hydrogens is 1020 g/mol. The van der Waals surface area contributed by atoms with Crippen molar-refractivity contribution in [3.05, 3.63) is 224 Å². The molecule has 10 aromatic rings. The first-order chi connectivity index (χ1) is 34.1. The third-order valence-electron chi connectivity index (χ3n) is 13.0. The number of aromatic nitrogens is 2. The second kappa shape index (κ2) is 18.0. The number of aryl methyl sites for hydroxylation is 1. The first-order valence-corrected chi connectivity index (χ1v) is 23.2. The molecular formula is C63H53N4OPt-3. The molecule has 11 rings (SSSR count). The van der Waals surface area contributed by atoms with Crippen molar-refractivity contribution in [1.29, 1.82) is 0 Å². The molecule has 8 aromatic carbocycles. The van der Waals surface area contributed by atoms with E-state index >= 15 is 0 Å². The first-order valence-electron chi connectivity index (χ1n) is 24.7. The molecule has 69 heavy (non-hydrogen) atoms. The first kappa shape index (κ1) is 41.9. The van der Waals surface area contributed by atoms with Crippen LogP contribution in [0.5, 0.6) is 11.5 Å². The number of para-hydroxylation sites is 3. The van der Waals surface area contributed by atoms with E-state index in [0.717, 1.165) is 72.4 Å². The third-order valence-corrected chi connectivity index (χ3v) is 13.0. The molecule has 0 unspecified atom stereocenters. The maximum atomic E-state index is 8.61. The van der Waals surface area contributed by atoms with E-state index in [-0.39, 0.29) is 37.5 Å². The number of hydrogen-bond donors (Lipinski definition) is 0. The number of anilines is 4. The fraction of sp³-hybridized carbons (Fsp3) is 0.143. The predicted molar refractivity (Wildman–Crippen MR) is 283 cm³/mol. The van der Waals surface area contributed by atoms with Crippen LogP contribution in [0, 0.1) is 25.7 Å². The zero-order valence-corrected chi connectivity index (χ0v) is 41.8. The molecule has 1 aliphatic heterocycles. The Morgan fingerprint density at radius 2 is 1.13 bits per heavy atom. The average Bonchev–Trinajstić information content (AvgIpc) is 3.91. The summed E-state index contributed by atoms with van der Waals surface area (Å²) in [4.78, 5) is 9.42. The largest absolute Gasteiger partial charge is 0.509 e. The summed E-state index contributed by atoms with van der Waals surface area (Å²) < 4.78 is 34.5. The molecule has 0 spiro atoms. The topological polar surface area (TPSA) is 33.5 Å². The van der Waals surface area contributed by atoms with Crippen molar-refractivity contribution in [2.75, 3.05) is 9.80 Å². The Labute approximate surface area is 425 Å². The Balaban J connectivity index is 0.00000596. The van der Waals surface area contributed by atoms with Gasteiger partial charge in [0.25, 0.3) is 0 Å². The van der Waals surface area contributed by atoms with Crippen LogP contribution in [0.4, 0.5) is 22.7 Å². The number of nitrogens with zero attached hydrogens (tertiary/aromatic N) is 4. The van der Waals surface area contributed by atoms with Gasteiger partial charge in [0.05, 0.1) is 0 Å². The second-order valence-corrected chi connectivity index (χ2v) is 19.6. The van der Waals surface area contributed by atoms with Crippen LogP contribution < -0.4 is 14.5 Å². The minimum absolute atomic E-state index is 0. The molecule has 0 amide bonds. The Bertz CT molecular complexity index is 3610. The molecule has 2 aromatic heterocycles. The van der Waals surface area contributed by atoms with Crippen LogP contribution >= 0.6 is 0 Å². The summed E-state index contributed by atoms with van der Waals surface area (Å²) in [5.41, 5.74) is 14.0. The molecule has 0 N–H and O–H groups in total. The Morgan fingerprint density at radius 3 is 1.80 bits per heavy atom. The quantitative estimate of drug-likeness (QED) is 0.142. The minimum atomic E-state index is -2.39. The van der Waals surface area contributed by atoms with E-state index in [1.54, 1.807) is 12.3 Å². The molecule has 3 heterocycles. The van der Waals surface area contributed by atoms with Crippen LogP contribution in [0.25, 0.3) is 61.0 Å². The molecule has 5 nitrogen and oxygen atoms in total. The molecule has 0 radical (unpaired) electrons. The number of fused-ring (bicyclic) bond motifs is 4. The minimum Gasteiger partial charge on any atom is -0.509 e. The van der Waals surface area contributed by atoms with Gasteiger partial charge in [0.15, 0.2) is 0 Å². The summed E-state index contributed by atoms with van der Waals surface area (Å²) in [6.07, 6.45) is 1.67. The fourth-order valence-corrected chi connectivity index (χ4v) is 9.38. The third kappa shape index (κ3) is 8.55. The van der Waals surface area contributed by atoms with Gasteiger partial charge in [-0.05, 0) is 80.7 Å². The van der Waals surface area contributed by atoms with Gasteiger partial charge in [0, 0.05) is 82.1 Å². The summed E-state index contributed by atoms with van der Waals surface area (Å²) in [5, 5.41) is 1.96. The van der Waals surface area contributed by atoms with Gasteiger partial charge in [0.2, 0.25) is 0 Å². The van der Waals surface area contributed by atoms with Crippen molar-refractivity contribution in [3.8, 4) is 50.7 Å². The van der Waals surface area contributed by atoms with Gasteiger partial charge in [-0.1, -0.05) is 174 Å². The Morgan fingerprint density at radius 1 is 0.536 bits per heavy atom. The molecule has 0 saturated carbocycles. The van der Waals surface area contributed by atoms with E-state index in [0.29, 0.717) is 22.9 Å². The summed E-state index contributed by atoms with van der Waals surface area (Å²) in [5.74, 6) is 1.47. The zero-order valence-electron chi connectivity index (χ0n) is 42.5. The Kier molecular flexibility index (Phi) is 11.0. The SMILES string of the molecule is [2H]C([2H])([2H])c1cc(-n2c3[c-]c(Oc4[c-]c(N5[CH-]N(c6c(-c7ccccc7)cccc6-c6ccc(C(C)(C)C)cc6)c6ccccc65)ccc4)ccc3c3cc(C(C)(C)C)ccc32)ncc1-c1ccccc1.[Pt]. The van der Waals surface area contributed by atoms with Crippen molar-refractivity contribution in [2.45, 2.75) is 59.2 Å². The smallest absolute Gasteiger partial charge is 0.135 e. The molecule has 6 heteroatoms. The number of pyridine rings is 1. The monoisotopic (exact) mass is 1080 g/mol. The molecule has 0 bridgehead atoms. The maximum Gasteiger partial charge on any atom is 0.135 e. The van der Waals surface area contributed by atoms with E-state index in [1.165, 1.54) is 11.1 Å². The van der Waals surface area contributed by atoms with Crippen LogP contribution in [-0.2, 0) is 31.9 Å². The maximum absolute atomic E-state index is 8.61. The summed E-state index contributed by atoms with van der Waals surface area (Å²) in [6.45, 7) is 13.1. The normalized spacial score (nSPS) is 13.4. The fourth-order valence-electron chi connectivity index (χ4n) is 9.38. The van der Waals surface area contributed by atoms with E-state index in [4.69, 9.17) is 13.8 Å². The van der Waals surface area contributed by atoms with Crippen LogP contribution in [0.15, 0.2) is 188 Å². The Hall–Kier alpha value is -7.20. The van der Waals surface area contributed by atoms with Crippen molar-refractivity contribution >= 4 is 44.6 Å². The molecule has 0 fully saturated rings. The molecule has 0 saturated heterocycles. The van der Waals surface area contributed by atoms with Gasteiger partial charge in [-0.15, -0.1) is 48.1 Å². The van der Waals surface area contributed by atoms with Gasteiger partial charge >= 0.3 is 0 Å². The molecule has 0 atom stereocenters. The van der Waals surface area contributed by atoms with Gasteiger partial charge in [-0.25, -0.2) is 4.98 Å². The molecule has 0 aliphatic carbocycles. The van der Waals surface area contributed by atoms with Crippen LogP contribution in [-0.4, -0.2) is 9.55 Å². The van der Waals surface area contributed by atoms with Gasteiger partial charge in [0.1, 0.15) is 5.82 Å². The van der Waals surface area contributed by atoms with E-state index in [2.05, 4.69) is 191 Å². The van der Waals surface area contributed by atoms with E-state index in [9.17, 15) is 0 Å². The van der Waals surface area contributed by atoms with Crippen LogP contribution in [0.3, 0.4) is 0 Å². The van der Waals surface area contributed by atoms with Crippen molar-refractivity contribution in [1.82, 2.24) is 9.55 Å². The van der Waals surface area contributed by atoms with Gasteiger partial charge in [-0.3, -0.25) is 0 Å². The predicted octanol–water partition coefficient (Wildman–Crippen LogP) is 16.9. The number of ether oxygens (including phenoxy) is 1. The number of hydrogen-bond acceptors (Lipinski definition) is 4. The number of rotatable bonds is 8. The zero-order chi connectivity index (χ0) is 49.2. The van der Waals surface area contributed by atoms with E-state index in [1.807, 2.05) is 59.2 Å². The average molecular weight is 1080 g/mol. The van der Waals surface area contributed by atoms with Crippen LogP contribution in [0.2, 0.25) is 0 Å². The summed E-state index contributed by atoms with van der Waals surface area (Å²) >= 11 is 0. The van der Waals surface area contributed by atoms with Crippen LogP contribution in [0.1, 0.15) is 62.3 Å². The number of benzene rings is 8. The van der Waals surface area contributed by atoms with Crippen molar-refractivity contribution < 1.29 is 29.9 Å². The molecule has 1 aliphatic rings. The van der Waals surface area contributed by atoms with E-state index < -0.39 is 6.85 Å². The second-order valence-electron chi connectivity index (χ2n) is 19.6. The summed E-state index contributed by atoms with van der Waals surface area (Å²) in [7, 11) is 0. The van der Waals surface area contributed by atoms with Gasteiger partial charge in [-0.2, -0.15) is 12.1 Å². The molecule has 344 valence electrons. The van der Waals surface area contributed by atoms with Gasteiger partial charge < -0.3 is 19.1 Å².